The maximum atomic E-state index is 11.2. The van der Waals surface area contributed by atoms with Crippen molar-refractivity contribution in [3.63, 3.8) is 0 Å². The summed E-state index contributed by atoms with van der Waals surface area (Å²) in [5, 5.41) is 9.12. The first-order valence-electron chi connectivity index (χ1n) is 5.08. The van der Waals surface area contributed by atoms with Crippen LogP contribution in [-0.2, 0) is 11.2 Å². The second kappa shape index (κ2) is 4.82. The lowest BCUT2D eigenvalue weighted by atomic mass is 9.89. The summed E-state index contributed by atoms with van der Waals surface area (Å²) in [6.45, 7) is 3.96. The van der Waals surface area contributed by atoms with E-state index in [-0.39, 0.29) is 23.5 Å². The van der Waals surface area contributed by atoms with E-state index in [2.05, 4.69) is 0 Å². The van der Waals surface area contributed by atoms with Gasteiger partial charge in [0, 0.05) is 5.92 Å². The number of hydrogen-bond acceptors (Lipinski definition) is 2. The Kier molecular flexibility index (Phi) is 3.72. The highest BCUT2D eigenvalue weighted by Gasteiger charge is 2.19. The minimum absolute atomic E-state index is 0.144. The maximum absolute atomic E-state index is 11.2. The summed E-state index contributed by atoms with van der Waals surface area (Å²) in [5.74, 6) is 0.0582. The van der Waals surface area contributed by atoms with Gasteiger partial charge in [-0.05, 0) is 30.0 Å². The lowest BCUT2D eigenvalue weighted by Gasteiger charge is -2.17. The lowest BCUT2D eigenvalue weighted by Crippen LogP contribution is -2.29. The monoisotopic (exact) mass is 207 g/mol. The van der Waals surface area contributed by atoms with Crippen molar-refractivity contribution >= 4 is 5.91 Å². The zero-order chi connectivity index (χ0) is 11.4. The van der Waals surface area contributed by atoms with E-state index in [1.54, 1.807) is 12.1 Å². The molecule has 1 aromatic rings. The molecule has 0 saturated carbocycles. The standard InChI is InChI=1S/C12H17NO2/c1-8(2)11(12(13)15)7-9-3-5-10(14)6-4-9/h3-6,8,11,14H,7H2,1-2H3,(H2,13,15). The fourth-order valence-corrected chi connectivity index (χ4v) is 1.55. The van der Waals surface area contributed by atoms with Crippen molar-refractivity contribution in [2.45, 2.75) is 20.3 Å². The summed E-state index contributed by atoms with van der Waals surface area (Å²) in [4.78, 5) is 11.2. The van der Waals surface area contributed by atoms with E-state index in [4.69, 9.17) is 10.8 Å². The van der Waals surface area contributed by atoms with Gasteiger partial charge in [-0.25, -0.2) is 0 Å². The fourth-order valence-electron chi connectivity index (χ4n) is 1.55. The van der Waals surface area contributed by atoms with Crippen LogP contribution in [-0.4, -0.2) is 11.0 Å². The van der Waals surface area contributed by atoms with Gasteiger partial charge in [-0.1, -0.05) is 26.0 Å². The third kappa shape index (κ3) is 3.27. The average molecular weight is 207 g/mol. The topological polar surface area (TPSA) is 63.3 Å². The molecule has 0 aliphatic rings. The Hall–Kier alpha value is -1.51. The third-order valence-electron chi connectivity index (χ3n) is 2.56. The van der Waals surface area contributed by atoms with Gasteiger partial charge in [0.25, 0.3) is 0 Å². The molecule has 1 rings (SSSR count). The quantitative estimate of drug-likeness (QED) is 0.789. The molecule has 1 atom stereocenters. The number of carbonyl (C=O) groups is 1. The Bertz CT molecular complexity index is 330. The molecule has 1 unspecified atom stereocenters. The number of benzene rings is 1. The summed E-state index contributed by atoms with van der Waals surface area (Å²) in [6.07, 6.45) is 0.632. The molecule has 0 radical (unpaired) electrons. The molecule has 1 aromatic carbocycles. The van der Waals surface area contributed by atoms with Crippen molar-refractivity contribution in [2.24, 2.45) is 17.6 Å². The number of phenols is 1. The molecule has 15 heavy (non-hydrogen) atoms. The number of amides is 1. The zero-order valence-corrected chi connectivity index (χ0v) is 9.10. The molecule has 0 spiro atoms. The lowest BCUT2D eigenvalue weighted by molar-refractivity contribution is -0.123. The zero-order valence-electron chi connectivity index (χ0n) is 9.10. The van der Waals surface area contributed by atoms with Crippen molar-refractivity contribution < 1.29 is 9.90 Å². The van der Waals surface area contributed by atoms with Crippen molar-refractivity contribution in [2.75, 3.05) is 0 Å². The first kappa shape index (κ1) is 11.6. The molecule has 0 aromatic heterocycles. The van der Waals surface area contributed by atoms with Crippen LogP contribution in [0.3, 0.4) is 0 Å². The Morgan fingerprint density at radius 1 is 1.33 bits per heavy atom. The highest BCUT2D eigenvalue weighted by molar-refractivity contribution is 5.77. The minimum atomic E-state index is -0.266. The number of phenolic OH excluding ortho intramolecular Hbond substituents is 1. The van der Waals surface area contributed by atoms with Crippen LogP contribution in [0.15, 0.2) is 24.3 Å². The Morgan fingerprint density at radius 2 is 1.87 bits per heavy atom. The van der Waals surface area contributed by atoms with Crippen molar-refractivity contribution in [1.82, 2.24) is 0 Å². The van der Waals surface area contributed by atoms with Gasteiger partial charge in [0.1, 0.15) is 5.75 Å². The highest BCUT2D eigenvalue weighted by atomic mass is 16.3. The number of aromatic hydroxyl groups is 1. The largest absolute Gasteiger partial charge is 0.508 e. The van der Waals surface area contributed by atoms with Crippen LogP contribution in [0.1, 0.15) is 19.4 Å². The van der Waals surface area contributed by atoms with E-state index < -0.39 is 0 Å². The van der Waals surface area contributed by atoms with Crippen LogP contribution < -0.4 is 5.73 Å². The van der Waals surface area contributed by atoms with Crippen LogP contribution in [0.2, 0.25) is 0 Å². The van der Waals surface area contributed by atoms with Crippen LogP contribution in [0, 0.1) is 11.8 Å². The molecule has 82 valence electrons. The minimum Gasteiger partial charge on any atom is -0.508 e. The molecule has 0 heterocycles. The van der Waals surface area contributed by atoms with E-state index in [0.717, 1.165) is 5.56 Å². The SMILES string of the molecule is CC(C)C(Cc1ccc(O)cc1)C(N)=O. The van der Waals surface area contributed by atoms with Gasteiger partial charge >= 0.3 is 0 Å². The number of hydrogen-bond donors (Lipinski definition) is 2. The molecule has 0 saturated heterocycles. The molecule has 3 N–H and O–H groups in total. The van der Waals surface area contributed by atoms with E-state index in [0.29, 0.717) is 6.42 Å². The van der Waals surface area contributed by atoms with Crippen LogP contribution in [0.4, 0.5) is 0 Å². The molecule has 0 aliphatic heterocycles. The Labute approximate surface area is 89.9 Å². The van der Waals surface area contributed by atoms with Gasteiger partial charge in [0.15, 0.2) is 0 Å². The molecular formula is C12H17NO2. The van der Waals surface area contributed by atoms with Crippen molar-refractivity contribution in [3.8, 4) is 5.75 Å². The van der Waals surface area contributed by atoms with E-state index in [1.165, 1.54) is 0 Å². The van der Waals surface area contributed by atoms with E-state index >= 15 is 0 Å². The van der Waals surface area contributed by atoms with Gasteiger partial charge in [-0.2, -0.15) is 0 Å². The molecule has 1 amide bonds. The van der Waals surface area contributed by atoms with Gasteiger partial charge in [0.05, 0.1) is 0 Å². The van der Waals surface area contributed by atoms with E-state index in [9.17, 15) is 4.79 Å². The highest BCUT2D eigenvalue weighted by Crippen LogP contribution is 2.18. The summed E-state index contributed by atoms with van der Waals surface area (Å²) in [5.41, 5.74) is 6.35. The van der Waals surface area contributed by atoms with Crippen LogP contribution >= 0.6 is 0 Å². The summed E-state index contributed by atoms with van der Waals surface area (Å²) < 4.78 is 0. The first-order valence-corrected chi connectivity index (χ1v) is 5.08. The molecular weight excluding hydrogens is 190 g/mol. The van der Waals surface area contributed by atoms with E-state index in [1.807, 2.05) is 26.0 Å². The molecule has 0 aliphatic carbocycles. The summed E-state index contributed by atoms with van der Waals surface area (Å²) in [7, 11) is 0. The normalized spacial score (nSPS) is 12.7. The van der Waals surface area contributed by atoms with Gasteiger partial charge < -0.3 is 10.8 Å². The van der Waals surface area contributed by atoms with Gasteiger partial charge in [-0.3, -0.25) is 4.79 Å². The van der Waals surface area contributed by atoms with Crippen molar-refractivity contribution in [1.29, 1.82) is 0 Å². The maximum Gasteiger partial charge on any atom is 0.221 e. The third-order valence-corrected chi connectivity index (χ3v) is 2.56. The number of carbonyl (C=O) groups excluding carboxylic acids is 1. The first-order chi connectivity index (χ1) is 7.00. The predicted molar refractivity (Wildman–Crippen MR) is 59.3 cm³/mol. The second-order valence-electron chi connectivity index (χ2n) is 4.12. The predicted octanol–water partition coefficient (Wildman–Crippen LogP) is 1.69. The van der Waals surface area contributed by atoms with Crippen molar-refractivity contribution in [3.05, 3.63) is 29.8 Å². The summed E-state index contributed by atoms with van der Waals surface area (Å²) >= 11 is 0. The summed E-state index contributed by atoms with van der Waals surface area (Å²) in [6, 6.07) is 6.86. The number of rotatable bonds is 4. The molecule has 3 nitrogen and oxygen atoms in total. The molecule has 3 heteroatoms. The van der Waals surface area contributed by atoms with Crippen LogP contribution in [0.25, 0.3) is 0 Å². The van der Waals surface area contributed by atoms with Gasteiger partial charge in [-0.15, -0.1) is 0 Å². The molecule has 0 bridgehead atoms. The number of primary amides is 1. The average Bonchev–Trinajstić information content (AvgIpc) is 2.15. The molecule has 0 fully saturated rings. The number of nitrogens with two attached hydrogens (primary N) is 1. The second-order valence-corrected chi connectivity index (χ2v) is 4.12. The van der Waals surface area contributed by atoms with Crippen LogP contribution in [0.5, 0.6) is 5.75 Å². The Morgan fingerprint density at radius 3 is 2.27 bits per heavy atom. The van der Waals surface area contributed by atoms with Gasteiger partial charge in [0.2, 0.25) is 5.91 Å². The smallest absolute Gasteiger partial charge is 0.221 e. The Balaban J connectivity index is 2.74. The fraction of sp³-hybridized carbons (Fsp3) is 0.417.